The lowest BCUT2D eigenvalue weighted by molar-refractivity contribution is -0.387. The molecule has 0 aliphatic heterocycles. The van der Waals surface area contributed by atoms with E-state index < -0.39 is 16.4 Å². The zero-order valence-corrected chi connectivity index (χ0v) is 11.4. The zero-order chi connectivity index (χ0) is 15.4. The minimum Gasteiger partial charge on any atom is -0.380 e. The lowest BCUT2D eigenvalue weighted by Crippen LogP contribution is -2.04. The molecule has 7 heteroatoms. The molecule has 0 radical (unpaired) electrons. The molecule has 0 amide bonds. The van der Waals surface area contributed by atoms with Crippen molar-refractivity contribution in [2.75, 3.05) is 5.32 Å². The third-order valence-corrected chi connectivity index (χ3v) is 3.14. The van der Waals surface area contributed by atoms with E-state index in [1.54, 1.807) is 12.1 Å². The molecular weight excluding hydrogens is 297 g/mol. The lowest BCUT2D eigenvalue weighted by Gasteiger charge is -2.09. The minimum absolute atomic E-state index is 0.0408. The third-order valence-electron chi connectivity index (χ3n) is 2.82. The smallest absolute Gasteiger partial charge is 0.305 e. The van der Waals surface area contributed by atoms with Crippen LogP contribution in [-0.4, -0.2) is 4.92 Å². The number of rotatable bonds is 4. The van der Waals surface area contributed by atoms with Gasteiger partial charge >= 0.3 is 5.69 Å². The first kappa shape index (κ1) is 14.8. The molecule has 0 spiro atoms. The Labute approximate surface area is 124 Å². The van der Waals surface area contributed by atoms with E-state index in [0.717, 1.165) is 6.07 Å². The van der Waals surface area contributed by atoms with Crippen LogP contribution < -0.4 is 5.32 Å². The molecule has 0 aliphatic rings. The van der Waals surface area contributed by atoms with E-state index in [1.165, 1.54) is 18.2 Å². The van der Waals surface area contributed by atoms with E-state index in [4.69, 9.17) is 16.9 Å². The predicted octanol–water partition coefficient (Wildman–Crippen LogP) is 3.87. The fourth-order valence-electron chi connectivity index (χ4n) is 1.76. The third kappa shape index (κ3) is 3.27. The second-order valence-corrected chi connectivity index (χ2v) is 4.57. The van der Waals surface area contributed by atoms with Gasteiger partial charge in [0.1, 0.15) is 0 Å². The van der Waals surface area contributed by atoms with Gasteiger partial charge in [-0.3, -0.25) is 10.1 Å². The van der Waals surface area contributed by atoms with Crippen LogP contribution in [0.4, 0.5) is 15.8 Å². The van der Waals surface area contributed by atoms with Gasteiger partial charge < -0.3 is 5.32 Å². The molecular formula is C14H9ClFN3O2. The van der Waals surface area contributed by atoms with Crippen LogP contribution in [0.15, 0.2) is 36.4 Å². The summed E-state index contributed by atoms with van der Waals surface area (Å²) in [4.78, 5) is 9.90. The van der Waals surface area contributed by atoms with Crippen molar-refractivity contribution in [1.29, 1.82) is 5.26 Å². The summed E-state index contributed by atoms with van der Waals surface area (Å²) < 4.78 is 13.9. The van der Waals surface area contributed by atoms with Crippen LogP contribution in [0.25, 0.3) is 0 Å². The first-order valence-corrected chi connectivity index (χ1v) is 6.26. The van der Waals surface area contributed by atoms with E-state index >= 15 is 0 Å². The van der Waals surface area contributed by atoms with Gasteiger partial charge in [0.15, 0.2) is 0 Å². The summed E-state index contributed by atoms with van der Waals surface area (Å²) in [5.74, 6) is -0.875. The van der Waals surface area contributed by atoms with Gasteiger partial charge in [-0.15, -0.1) is 0 Å². The number of halogens is 2. The Kier molecular flexibility index (Phi) is 4.36. The van der Waals surface area contributed by atoms with Gasteiger partial charge in [0.2, 0.25) is 5.82 Å². The standard InChI is InChI=1S/C14H9ClFN3O2/c15-11-6-9(7-17)4-5-12(11)18-8-10-2-1-3-13(14(10)16)19(20)21/h1-6,18H,8H2. The van der Waals surface area contributed by atoms with Crippen molar-refractivity contribution in [3.8, 4) is 6.07 Å². The summed E-state index contributed by atoms with van der Waals surface area (Å²) in [5, 5.41) is 22.6. The van der Waals surface area contributed by atoms with Gasteiger partial charge in [-0.25, -0.2) is 0 Å². The maximum absolute atomic E-state index is 13.9. The highest BCUT2D eigenvalue weighted by Gasteiger charge is 2.17. The van der Waals surface area contributed by atoms with Crippen LogP contribution in [-0.2, 0) is 6.54 Å². The molecule has 0 saturated carbocycles. The average Bonchev–Trinajstić information content (AvgIpc) is 2.46. The first-order chi connectivity index (χ1) is 10.0. The summed E-state index contributed by atoms with van der Waals surface area (Å²) in [5.41, 5.74) is 0.513. The number of nitro groups is 1. The van der Waals surface area contributed by atoms with Gasteiger partial charge in [-0.05, 0) is 18.2 Å². The van der Waals surface area contributed by atoms with Crippen molar-refractivity contribution in [3.63, 3.8) is 0 Å². The maximum atomic E-state index is 13.9. The summed E-state index contributed by atoms with van der Waals surface area (Å²) >= 11 is 5.98. The van der Waals surface area contributed by atoms with Crippen molar-refractivity contribution >= 4 is 23.0 Å². The molecule has 0 aromatic heterocycles. The van der Waals surface area contributed by atoms with E-state index in [-0.39, 0.29) is 12.1 Å². The number of benzene rings is 2. The number of nitrogens with one attached hydrogen (secondary N) is 1. The highest BCUT2D eigenvalue weighted by Crippen LogP contribution is 2.25. The number of nitriles is 1. The van der Waals surface area contributed by atoms with E-state index in [2.05, 4.69) is 5.32 Å². The molecule has 106 valence electrons. The molecule has 5 nitrogen and oxygen atoms in total. The molecule has 0 atom stereocenters. The van der Waals surface area contributed by atoms with Crippen molar-refractivity contribution < 1.29 is 9.31 Å². The number of anilines is 1. The van der Waals surface area contributed by atoms with E-state index in [9.17, 15) is 14.5 Å². The van der Waals surface area contributed by atoms with Crippen LogP contribution in [0.1, 0.15) is 11.1 Å². The van der Waals surface area contributed by atoms with Crippen LogP contribution in [0, 0.1) is 27.3 Å². The number of nitrogens with zero attached hydrogens (tertiary/aromatic N) is 2. The Morgan fingerprint density at radius 2 is 2.14 bits per heavy atom. The molecule has 0 unspecified atom stereocenters. The van der Waals surface area contributed by atoms with E-state index in [0.29, 0.717) is 16.3 Å². The van der Waals surface area contributed by atoms with Crippen LogP contribution >= 0.6 is 11.6 Å². The lowest BCUT2D eigenvalue weighted by atomic mass is 10.1. The van der Waals surface area contributed by atoms with Gasteiger partial charge in [-0.1, -0.05) is 23.7 Å². The largest absolute Gasteiger partial charge is 0.380 e. The predicted molar refractivity (Wildman–Crippen MR) is 76.5 cm³/mol. The topological polar surface area (TPSA) is 79.0 Å². The number of hydrogen-bond acceptors (Lipinski definition) is 4. The highest BCUT2D eigenvalue weighted by atomic mass is 35.5. The first-order valence-electron chi connectivity index (χ1n) is 5.88. The van der Waals surface area contributed by atoms with Crippen molar-refractivity contribution in [2.24, 2.45) is 0 Å². The second kappa shape index (κ2) is 6.20. The van der Waals surface area contributed by atoms with Crippen LogP contribution in [0.5, 0.6) is 0 Å². The molecule has 0 saturated heterocycles. The van der Waals surface area contributed by atoms with Crippen molar-refractivity contribution in [2.45, 2.75) is 6.54 Å². The van der Waals surface area contributed by atoms with Gasteiger partial charge in [0.05, 0.1) is 27.3 Å². The summed E-state index contributed by atoms with van der Waals surface area (Å²) in [6.45, 7) is 0.0408. The van der Waals surface area contributed by atoms with Gasteiger partial charge in [0, 0.05) is 18.2 Å². The molecule has 1 N–H and O–H groups in total. The SMILES string of the molecule is N#Cc1ccc(NCc2cccc([N+](=O)[O-])c2F)c(Cl)c1. The molecule has 2 aromatic rings. The number of nitro benzene ring substituents is 1. The Balaban J connectivity index is 2.19. The summed E-state index contributed by atoms with van der Waals surface area (Å²) in [6.07, 6.45) is 0. The molecule has 0 bridgehead atoms. The molecule has 2 rings (SSSR count). The molecule has 0 fully saturated rings. The van der Waals surface area contributed by atoms with Crippen LogP contribution in [0.3, 0.4) is 0 Å². The minimum atomic E-state index is -0.875. The normalized spacial score (nSPS) is 9.95. The quantitative estimate of drug-likeness (QED) is 0.687. The molecule has 0 aliphatic carbocycles. The highest BCUT2D eigenvalue weighted by molar-refractivity contribution is 6.33. The van der Waals surface area contributed by atoms with Crippen LogP contribution in [0.2, 0.25) is 5.02 Å². The number of hydrogen-bond donors (Lipinski definition) is 1. The van der Waals surface area contributed by atoms with Crippen molar-refractivity contribution in [1.82, 2.24) is 0 Å². The Morgan fingerprint density at radius 3 is 2.76 bits per heavy atom. The van der Waals surface area contributed by atoms with Crippen molar-refractivity contribution in [3.05, 3.63) is 68.5 Å². The second-order valence-electron chi connectivity index (χ2n) is 4.17. The van der Waals surface area contributed by atoms with E-state index in [1.807, 2.05) is 6.07 Å². The zero-order valence-electron chi connectivity index (χ0n) is 10.6. The summed E-state index contributed by atoms with van der Waals surface area (Å²) in [6, 6.07) is 10.6. The Hall–Kier alpha value is -2.65. The Bertz CT molecular complexity index is 743. The molecule has 21 heavy (non-hydrogen) atoms. The summed E-state index contributed by atoms with van der Waals surface area (Å²) in [7, 11) is 0. The fourth-order valence-corrected chi connectivity index (χ4v) is 2.01. The molecule has 2 aromatic carbocycles. The monoisotopic (exact) mass is 305 g/mol. The Morgan fingerprint density at radius 1 is 1.38 bits per heavy atom. The average molecular weight is 306 g/mol. The van der Waals surface area contributed by atoms with Gasteiger partial charge in [-0.2, -0.15) is 9.65 Å². The van der Waals surface area contributed by atoms with Gasteiger partial charge in [0.25, 0.3) is 0 Å². The fraction of sp³-hybridized carbons (Fsp3) is 0.0714. The molecule has 0 heterocycles. The maximum Gasteiger partial charge on any atom is 0.305 e.